The Hall–Kier alpha value is -3.07. The first-order valence-electron chi connectivity index (χ1n) is 7.51. The van der Waals surface area contributed by atoms with Gasteiger partial charge in [0.05, 0.1) is 6.04 Å². The third kappa shape index (κ3) is 3.40. The third-order valence-electron chi connectivity index (χ3n) is 3.71. The van der Waals surface area contributed by atoms with Crippen molar-refractivity contribution >= 4 is 22.5 Å². The first-order chi connectivity index (χ1) is 11.3. The Kier molecular flexibility index (Phi) is 4.39. The molecular formula is C20H18N2O. The monoisotopic (exact) mass is 302 g/mol. The molecule has 2 N–H and O–H groups in total. The molecule has 3 nitrogen and oxygen atoms in total. The summed E-state index contributed by atoms with van der Waals surface area (Å²) in [6, 6.07) is 23.0. The molecule has 0 aliphatic heterocycles. The predicted molar refractivity (Wildman–Crippen MR) is 95.5 cm³/mol. The van der Waals surface area contributed by atoms with Crippen molar-refractivity contribution in [1.29, 1.82) is 0 Å². The Balaban J connectivity index is 1.82. The van der Waals surface area contributed by atoms with Crippen molar-refractivity contribution in [1.82, 2.24) is 5.32 Å². The number of para-hydroxylation sites is 1. The fraction of sp³-hybridized carbons (Fsp3) is 0.0500. The number of anilines is 1. The van der Waals surface area contributed by atoms with Crippen LogP contribution in [-0.2, 0) is 0 Å². The van der Waals surface area contributed by atoms with Crippen LogP contribution in [0.1, 0.15) is 11.6 Å². The van der Waals surface area contributed by atoms with E-state index in [0.29, 0.717) is 0 Å². The van der Waals surface area contributed by atoms with Gasteiger partial charge in [-0.25, -0.2) is 4.79 Å². The van der Waals surface area contributed by atoms with Gasteiger partial charge in [-0.05, 0) is 28.5 Å². The van der Waals surface area contributed by atoms with Crippen molar-refractivity contribution in [2.75, 3.05) is 5.32 Å². The number of nitrogens with one attached hydrogen (secondary N) is 2. The van der Waals surface area contributed by atoms with Crippen molar-refractivity contribution in [3.8, 4) is 0 Å². The van der Waals surface area contributed by atoms with Crippen LogP contribution < -0.4 is 10.6 Å². The molecule has 0 bridgehead atoms. The quantitative estimate of drug-likeness (QED) is 0.662. The maximum absolute atomic E-state index is 12.2. The zero-order valence-electron chi connectivity index (χ0n) is 12.7. The number of rotatable bonds is 4. The second kappa shape index (κ2) is 6.79. The maximum Gasteiger partial charge on any atom is 0.319 e. The summed E-state index contributed by atoms with van der Waals surface area (Å²) in [4.78, 5) is 12.2. The van der Waals surface area contributed by atoms with E-state index >= 15 is 0 Å². The predicted octanol–water partition coefficient (Wildman–Crippen LogP) is 4.89. The minimum atomic E-state index is -0.259. The summed E-state index contributed by atoms with van der Waals surface area (Å²) in [6.07, 6.45) is 1.74. The van der Waals surface area contributed by atoms with Crippen LogP contribution in [0.3, 0.4) is 0 Å². The largest absolute Gasteiger partial charge is 0.328 e. The summed E-state index contributed by atoms with van der Waals surface area (Å²) in [5.74, 6) is 0. The highest BCUT2D eigenvalue weighted by molar-refractivity contribution is 5.91. The molecule has 0 radical (unpaired) electrons. The Morgan fingerprint density at radius 1 is 0.913 bits per heavy atom. The SMILES string of the molecule is C=CC(NC(=O)Nc1ccccc1)c1cccc2ccccc12. The van der Waals surface area contributed by atoms with Crippen LogP contribution in [0.2, 0.25) is 0 Å². The van der Waals surface area contributed by atoms with Crippen molar-refractivity contribution in [2.45, 2.75) is 6.04 Å². The van der Waals surface area contributed by atoms with Crippen molar-refractivity contribution < 1.29 is 4.79 Å². The van der Waals surface area contributed by atoms with E-state index in [4.69, 9.17) is 0 Å². The molecule has 0 fully saturated rings. The van der Waals surface area contributed by atoms with Gasteiger partial charge < -0.3 is 10.6 Å². The summed E-state index contributed by atoms with van der Waals surface area (Å²) in [5.41, 5.74) is 1.78. The van der Waals surface area contributed by atoms with Gasteiger partial charge in [-0.1, -0.05) is 66.7 Å². The van der Waals surface area contributed by atoms with Gasteiger partial charge in [0.2, 0.25) is 0 Å². The number of fused-ring (bicyclic) bond motifs is 1. The topological polar surface area (TPSA) is 41.1 Å². The molecule has 1 unspecified atom stereocenters. The molecule has 0 aliphatic carbocycles. The fourth-order valence-electron chi connectivity index (χ4n) is 2.62. The molecule has 0 heterocycles. The molecule has 0 aromatic heterocycles. The lowest BCUT2D eigenvalue weighted by atomic mass is 9.99. The van der Waals surface area contributed by atoms with Crippen LogP contribution in [0.15, 0.2) is 85.5 Å². The zero-order chi connectivity index (χ0) is 16.1. The molecular weight excluding hydrogens is 284 g/mol. The highest BCUT2D eigenvalue weighted by atomic mass is 16.2. The van der Waals surface area contributed by atoms with E-state index in [-0.39, 0.29) is 12.1 Å². The van der Waals surface area contributed by atoms with E-state index in [0.717, 1.165) is 22.0 Å². The normalized spacial score (nSPS) is 11.7. The fourth-order valence-corrected chi connectivity index (χ4v) is 2.62. The zero-order valence-corrected chi connectivity index (χ0v) is 12.7. The number of urea groups is 1. The highest BCUT2D eigenvalue weighted by Gasteiger charge is 2.13. The van der Waals surface area contributed by atoms with Crippen LogP contribution in [0, 0.1) is 0 Å². The van der Waals surface area contributed by atoms with Crippen LogP contribution in [0.25, 0.3) is 10.8 Å². The van der Waals surface area contributed by atoms with Crippen LogP contribution in [-0.4, -0.2) is 6.03 Å². The molecule has 1 atom stereocenters. The first kappa shape index (κ1) is 14.9. The molecule has 0 saturated carbocycles. The Morgan fingerprint density at radius 2 is 1.61 bits per heavy atom. The summed E-state index contributed by atoms with van der Waals surface area (Å²) in [7, 11) is 0. The standard InChI is InChI=1S/C20H18N2O/c1-2-19(22-20(23)21-16-11-4-3-5-12-16)18-14-8-10-15-9-6-7-13-17(15)18/h2-14,19H,1H2,(H2,21,22,23). The van der Waals surface area contributed by atoms with E-state index in [1.165, 1.54) is 0 Å². The number of carbonyl (C=O) groups is 1. The Labute approximate surface area is 135 Å². The van der Waals surface area contributed by atoms with E-state index in [1.807, 2.05) is 54.6 Å². The maximum atomic E-state index is 12.2. The van der Waals surface area contributed by atoms with Crippen LogP contribution >= 0.6 is 0 Å². The van der Waals surface area contributed by atoms with Gasteiger partial charge in [-0.2, -0.15) is 0 Å². The van der Waals surface area contributed by atoms with Crippen molar-refractivity contribution in [3.63, 3.8) is 0 Å². The summed E-state index contributed by atoms with van der Waals surface area (Å²) in [5, 5.41) is 8.03. The van der Waals surface area contributed by atoms with Gasteiger partial charge in [0.1, 0.15) is 0 Å². The van der Waals surface area contributed by atoms with Gasteiger partial charge in [-0.15, -0.1) is 6.58 Å². The van der Waals surface area contributed by atoms with Crippen molar-refractivity contribution in [3.05, 3.63) is 91.0 Å². The smallest absolute Gasteiger partial charge is 0.319 e. The first-order valence-corrected chi connectivity index (χ1v) is 7.51. The molecule has 23 heavy (non-hydrogen) atoms. The lowest BCUT2D eigenvalue weighted by Gasteiger charge is -2.18. The molecule has 3 heteroatoms. The van der Waals surface area contributed by atoms with E-state index in [2.05, 4.69) is 35.4 Å². The molecule has 3 aromatic carbocycles. The lowest BCUT2D eigenvalue weighted by molar-refractivity contribution is 0.250. The van der Waals surface area contributed by atoms with E-state index in [9.17, 15) is 4.79 Å². The van der Waals surface area contributed by atoms with Gasteiger partial charge in [0.15, 0.2) is 0 Å². The second-order valence-electron chi connectivity index (χ2n) is 5.25. The summed E-state index contributed by atoms with van der Waals surface area (Å²) < 4.78 is 0. The Bertz CT molecular complexity index is 822. The molecule has 3 rings (SSSR count). The van der Waals surface area contributed by atoms with Crippen LogP contribution in [0.5, 0.6) is 0 Å². The van der Waals surface area contributed by atoms with Gasteiger partial charge in [-0.3, -0.25) is 0 Å². The number of benzene rings is 3. The molecule has 3 aromatic rings. The Morgan fingerprint density at radius 3 is 2.39 bits per heavy atom. The second-order valence-corrected chi connectivity index (χ2v) is 5.25. The lowest BCUT2D eigenvalue weighted by Crippen LogP contribution is -2.31. The van der Waals surface area contributed by atoms with E-state index < -0.39 is 0 Å². The molecule has 114 valence electrons. The highest BCUT2D eigenvalue weighted by Crippen LogP contribution is 2.25. The van der Waals surface area contributed by atoms with Crippen molar-refractivity contribution in [2.24, 2.45) is 0 Å². The minimum Gasteiger partial charge on any atom is -0.328 e. The van der Waals surface area contributed by atoms with Gasteiger partial charge in [0.25, 0.3) is 0 Å². The summed E-state index contributed by atoms with van der Waals surface area (Å²) in [6.45, 7) is 3.86. The van der Waals surface area contributed by atoms with Gasteiger partial charge in [0, 0.05) is 5.69 Å². The molecule has 2 amide bonds. The molecule has 0 spiro atoms. The number of amides is 2. The van der Waals surface area contributed by atoms with E-state index in [1.54, 1.807) is 6.08 Å². The summed E-state index contributed by atoms with van der Waals surface area (Å²) >= 11 is 0. The van der Waals surface area contributed by atoms with Crippen LogP contribution in [0.4, 0.5) is 10.5 Å². The average Bonchev–Trinajstić information content (AvgIpc) is 2.60. The minimum absolute atomic E-state index is 0.256. The number of hydrogen-bond donors (Lipinski definition) is 2. The third-order valence-corrected chi connectivity index (χ3v) is 3.71. The van der Waals surface area contributed by atoms with Gasteiger partial charge >= 0.3 is 6.03 Å². The average molecular weight is 302 g/mol. The number of hydrogen-bond acceptors (Lipinski definition) is 1. The molecule has 0 aliphatic rings. The molecule has 0 saturated heterocycles. The number of carbonyl (C=O) groups excluding carboxylic acids is 1.